The van der Waals surface area contributed by atoms with Gasteiger partial charge < -0.3 is 0 Å². The molecule has 0 aliphatic rings. The van der Waals surface area contributed by atoms with Crippen molar-refractivity contribution >= 4 is 42.5 Å². The van der Waals surface area contributed by atoms with Crippen molar-refractivity contribution in [3.8, 4) is 0 Å². The molecule has 0 amide bonds. The molecule has 0 bridgehead atoms. The van der Waals surface area contributed by atoms with Crippen LogP contribution in [0.5, 0.6) is 0 Å². The zero-order valence-corrected chi connectivity index (χ0v) is 25.7. The minimum Gasteiger partial charge on any atom is -0.298 e. The number of hydrogen-bond donors (Lipinski definition) is 0. The number of ketones is 1. The third kappa shape index (κ3) is 6.89. The fourth-order valence-corrected chi connectivity index (χ4v) is 7.36. The lowest BCUT2D eigenvalue weighted by Gasteiger charge is -2.33. The van der Waals surface area contributed by atoms with Gasteiger partial charge in [0.05, 0.1) is 21.0 Å². The quantitative estimate of drug-likeness (QED) is 0.283. The van der Waals surface area contributed by atoms with E-state index in [1.54, 1.807) is 51.1 Å². The van der Waals surface area contributed by atoms with Crippen LogP contribution in [-0.4, -0.2) is 49.9 Å². The van der Waals surface area contributed by atoms with Crippen LogP contribution in [0.25, 0.3) is 10.8 Å². The lowest BCUT2D eigenvalue weighted by molar-refractivity contribution is -0.128. The van der Waals surface area contributed by atoms with Crippen molar-refractivity contribution in [2.24, 2.45) is 11.3 Å². The highest BCUT2D eigenvalue weighted by Gasteiger charge is 2.50. The lowest BCUT2D eigenvalue weighted by Crippen LogP contribution is -2.50. The molecule has 8 heteroatoms. The van der Waals surface area contributed by atoms with Crippen LogP contribution in [-0.2, 0) is 42.1 Å². The molecular weight excluding hydrogens is 544 g/mol. The third-order valence-corrected chi connectivity index (χ3v) is 12.9. The summed E-state index contributed by atoms with van der Waals surface area (Å²) in [4.78, 5) is 27.4. The maximum Gasteiger partial charge on any atom is 0.214 e. The van der Waals surface area contributed by atoms with Crippen LogP contribution in [0, 0.1) is 11.3 Å². The SMILES string of the molecule is CC(C)(C)S(=O)(=O)CC(Cc1cccc2ccccc12)C(=O)C([C]=O)(Cc1ccccc1)CS(=O)(=O)C(C)(C)C. The van der Waals surface area contributed by atoms with E-state index in [9.17, 15) is 26.4 Å². The Morgan fingerprint density at radius 2 is 1.30 bits per heavy atom. The van der Waals surface area contributed by atoms with Crippen molar-refractivity contribution in [2.75, 3.05) is 11.5 Å². The molecule has 3 aromatic carbocycles. The predicted octanol–water partition coefficient (Wildman–Crippen LogP) is 5.33. The second-order valence-electron chi connectivity index (χ2n) is 12.5. The summed E-state index contributed by atoms with van der Waals surface area (Å²) in [6.45, 7) is 9.24. The van der Waals surface area contributed by atoms with Crippen LogP contribution >= 0.6 is 0 Å². The Bertz CT molecular complexity index is 1570. The molecule has 0 N–H and O–H groups in total. The van der Waals surface area contributed by atoms with Crippen molar-refractivity contribution in [2.45, 2.75) is 63.9 Å². The number of carbonyl (C=O) groups excluding carboxylic acids is 2. The van der Waals surface area contributed by atoms with Crippen LogP contribution < -0.4 is 0 Å². The van der Waals surface area contributed by atoms with E-state index < -0.39 is 57.8 Å². The first-order valence-corrected chi connectivity index (χ1v) is 16.6. The van der Waals surface area contributed by atoms with E-state index in [2.05, 4.69) is 0 Å². The maximum atomic E-state index is 14.6. The fourth-order valence-electron chi connectivity index (χ4n) is 4.68. The fraction of sp³-hybridized carbons (Fsp3) is 0.438. The van der Waals surface area contributed by atoms with Gasteiger partial charge in [-0.25, -0.2) is 16.8 Å². The first kappa shape index (κ1) is 31.7. The normalized spacial score (nSPS) is 15.3. The molecule has 6 nitrogen and oxygen atoms in total. The molecule has 0 aliphatic carbocycles. The molecule has 0 fully saturated rings. The van der Waals surface area contributed by atoms with Crippen molar-refractivity contribution in [3.05, 3.63) is 83.9 Å². The number of sulfone groups is 2. The number of benzene rings is 3. The molecule has 3 rings (SSSR count). The Morgan fingerprint density at radius 3 is 1.88 bits per heavy atom. The number of fused-ring (bicyclic) bond motifs is 1. The van der Waals surface area contributed by atoms with Gasteiger partial charge in [0.2, 0.25) is 6.29 Å². The summed E-state index contributed by atoms with van der Waals surface area (Å²) in [5.41, 5.74) is -0.750. The Balaban J connectivity index is 2.22. The summed E-state index contributed by atoms with van der Waals surface area (Å²) >= 11 is 0. The third-order valence-electron chi connectivity index (χ3n) is 7.46. The van der Waals surface area contributed by atoms with Crippen LogP contribution in [0.1, 0.15) is 52.7 Å². The lowest BCUT2D eigenvalue weighted by atomic mass is 9.74. The average Bonchev–Trinajstić information content (AvgIpc) is 2.86. The van der Waals surface area contributed by atoms with Crippen LogP contribution in [0.2, 0.25) is 0 Å². The Hall–Kier alpha value is -2.84. The molecule has 0 heterocycles. The van der Waals surface area contributed by atoms with Gasteiger partial charge in [-0.05, 0) is 76.3 Å². The number of Topliss-reactive ketones (excluding diaryl/α,β-unsaturated/α-hetero) is 1. The minimum absolute atomic E-state index is 0.0310. The summed E-state index contributed by atoms with van der Waals surface area (Å²) in [5, 5.41) is 1.79. The zero-order valence-electron chi connectivity index (χ0n) is 24.1. The smallest absolute Gasteiger partial charge is 0.214 e. The first-order chi connectivity index (χ1) is 18.4. The molecule has 2 unspecified atom stereocenters. The van der Waals surface area contributed by atoms with Gasteiger partial charge in [-0.3, -0.25) is 9.59 Å². The predicted molar refractivity (Wildman–Crippen MR) is 162 cm³/mol. The standard InChI is InChI=1S/C32H39O6S2/c1-30(2,3)39(35,36)21-27(19-26-17-12-16-25-15-10-11-18-28(25)26)29(34)32(22-33,20-24-13-8-7-9-14-24)23-40(37,38)31(4,5)6/h7-18,27H,19-21,23H2,1-6H3. The van der Waals surface area contributed by atoms with Gasteiger partial charge in [0.15, 0.2) is 25.5 Å². The highest BCUT2D eigenvalue weighted by atomic mass is 32.2. The van der Waals surface area contributed by atoms with Crippen molar-refractivity contribution < 1.29 is 26.4 Å². The first-order valence-electron chi connectivity index (χ1n) is 13.3. The van der Waals surface area contributed by atoms with E-state index in [1.165, 1.54) is 20.8 Å². The molecule has 0 aliphatic heterocycles. The topological polar surface area (TPSA) is 102 Å². The number of rotatable bonds is 11. The van der Waals surface area contributed by atoms with Gasteiger partial charge in [-0.1, -0.05) is 72.8 Å². The van der Waals surface area contributed by atoms with E-state index in [0.29, 0.717) is 5.56 Å². The van der Waals surface area contributed by atoms with Crippen molar-refractivity contribution in [3.63, 3.8) is 0 Å². The average molecular weight is 584 g/mol. The van der Waals surface area contributed by atoms with E-state index in [0.717, 1.165) is 16.3 Å². The Kier molecular flexibility index (Phi) is 9.16. The van der Waals surface area contributed by atoms with Crippen molar-refractivity contribution in [1.29, 1.82) is 0 Å². The molecule has 3 aromatic rings. The summed E-state index contributed by atoms with van der Waals surface area (Å²) in [6, 6.07) is 21.9. The Morgan fingerprint density at radius 1 is 0.750 bits per heavy atom. The van der Waals surface area contributed by atoms with E-state index in [1.807, 2.05) is 48.8 Å². The molecule has 0 saturated heterocycles. The highest BCUT2D eigenvalue weighted by molar-refractivity contribution is 7.93. The van der Waals surface area contributed by atoms with Crippen LogP contribution in [0.15, 0.2) is 72.8 Å². The van der Waals surface area contributed by atoms with Crippen molar-refractivity contribution in [1.82, 2.24) is 0 Å². The monoisotopic (exact) mass is 583 g/mol. The second-order valence-corrected chi connectivity index (χ2v) is 18.0. The molecule has 40 heavy (non-hydrogen) atoms. The molecule has 0 saturated carbocycles. The second kappa shape index (κ2) is 11.6. The largest absolute Gasteiger partial charge is 0.298 e. The molecule has 0 aromatic heterocycles. The summed E-state index contributed by atoms with van der Waals surface area (Å²) in [7, 11) is -7.81. The summed E-state index contributed by atoms with van der Waals surface area (Å²) < 4.78 is 51.5. The van der Waals surface area contributed by atoms with Gasteiger partial charge >= 0.3 is 0 Å². The number of carbonyl (C=O) groups is 1. The summed E-state index contributed by atoms with van der Waals surface area (Å²) in [6.07, 6.45) is 1.68. The zero-order chi connectivity index (χ0) is 30.0. The number of hydrogen-bond acceptors (Lipinski definition) is 6. The van der Waals surface area contributed by atoms with Gasteiger partial charge in [-0.2, -0.15) is 0 Å². The van der Waals surface area contributed by atoms with Gasteiger partial charge in [0.25, 0.3) is 0 Å². The Labute approximate surface area is 239 Å². The van der Waals surface area contributed by atoms with Gasteiger partial charge in [0, 0.05) is 5.92 Å². The van der Waals surface area contributed by atoms with E-state index in [-0.39, 0.29) is 12.8 Å². The van der Waals surface area contributed by atoms with Gasteiger partial charge in [0.1, 0.15) is 5.41 Å². The van der Waals surface area contributed by atoms with E-state index >= 15 is 0 Å². The molecule has 0 spiro atoms. The minimum atomic E-state index is -3.98. The molecule has 215 valence electrons. The van der Waals surface area contributed by atoms with Crippen LogP contribution in [0.3, 0.4) is 0 Å². The molecule has 2 atom stereocenters. The maximum absolute atomic E-state index is 14.6. The van der Waals surface area contributed by atoms with Crippen LogP contribution in [0.4, 0.5) is 0 Å². The van der Waals surface area contributed by atoms with E-state index in [4.69, 9.17) is 0 Å². The molecule has 1 radical (unpaired) electrons. The highest BCUT2D eigenvalue weighted by Crippen LogP contribution is 2.35. The van der Waals surface area contributed by atoms with Gasteiger partial charge in [-0.15, -0.1) is 0 Å². The summed E-state index contributed by atoms with van der Waals surface area (Å²) in [5.74, 6) is -3.18. The molecular formula is C32H39O6S2.